The van der Waals surface area contributed by atoms with E-state index in [9.17, 15) is 14.7 Å². The molecule has 1 N–H and O–H groups in total. The summed E-state index contributed by atoms with van der Waals surface area (Å²) < 4.78 is 15.4. The fourth-order valence-corrected chi connectivity index (χ4v) is 2.56. The van der Waals surface area contributed by atoms with Gasteiger partial charge in [0.25, 0.3) is 0 Å². The molecule has 0 saturated heterocycles. The van der Waals surface area contributed by atoms with E-state index in [-0.39, 0.29) is 31.5 Å². The fourth-order valence-electron chi connectivity index (χ4n) is 2.56. The Balaban J connectivity index is 2.93. The molecule has 0 heterocycles. The van der Waals surface area contributed by atoms with E-state index in [0.29, 0.717) is 24.5 Å². The first kappa shape index (κ1) is 22.5. The Bertz CT molecular complexity index is 639. The van der Waals surface area contributed by atoms with Crippen molar-refractivity contribution in [3.63, 3.8) is 0 Å². The van der Waals surface area contributed by atoms with Gasteiger partial charge in [0.05, 0.1) is 39.9 Å². The van der Waals surface area contributed by atoms with Crippen LogP contribution < -0.4 is 9.47 Å². The van der Waals surface area contributed by atoms with E-state index in [4.69, 9.17) is 9.47 Å². The van der Waals surface area contributed by atoms with E-state index in [1.807, 2.05) is 19.9 Å². The number of hydrogen-bond donors (Lipinski definition) is 1. The molecule has 0 saturated carbocycles. The first-order valence-electron chi connectivity index (χ1n) is 8.97. The lowest BCUT2D eigenvalue weighted by Gasteiger charge is -2.28. The Morgan fingerprint density at radius 2 is 1.96 bits per heavy atom. The van der Waals surface area contributed by atoms with E-state index in [1.54, 1.807) is 25.3 Å². The van der Waals surface area contributed by atoms with E-state index in [0.717, 1.165) is 5.56 Å². The molecule has 1 unspecified atom stereocenters. The highest BCUT2D eigenvalue weighted by molar-refractivity contribution is 5.92. The highest BCUT2D eigenvalue weighted by atomic mass is 16.5. The van der Waals surface area contributed by atoms with Crippen LogP contribution in [0.5, 0.6) is 11.5 Å². The van der Waals surface area contributed by atoms with Crippen LogP contribution in [0.4, 0.5) is 0 Å². The van der Waals surface area contributed by atoms with Crippen molar-refractivity contribution in [2.45, 2.75) is 32.7 Å². The predicted octanol–water partition coefficient (Wildman–Crippen LogP) is 2.27. The first-order valence-corrected chi connectivity index (χ1v) is 8.97. The van der Waals surface area contributed by atoms with Gasteiger partial charge in [0.2, 0.25) is 5.91 Å². The van der Waals surface area contributed by atoms with Crippen LogP contribution in [0.25, 0.3) is 6.08 Å². The second kappa shape index (κ2) is 12.0. The molecule has 0 aromatic heterocycles. The molecule has 27 heavy (non-hydrogen) atoms. The SMILES string of the molecule is CCOc1ccc(/C=C/C(=O)N(CCC(=O)OC)C(CC)CO)cc1OC. The Labute approximate surface area is 160 Å². The van der Waals surface area contributed by atoms with Crippen LogP contribution >= 0.6 is 0 Å². The van der Waals surface area contributed by atoms with Gasteiger partial charge in [-0.25, -0.2) is 0 Å². The highest BCUT2D eigenvalue weighted by Crippen LogP contribution is 2.28. The van der Waals surface area contributed by atoms with Gasteiger partial charge in [-0.15, -0.1) is 0 Å². The maximum absolute atomic E-state index is 12.6. The van der Waals surface area contributed by atoms with Crippen molar-refractivity contribution in [2.24, 2.45) is 0 Å². The van der Waals surface area contributed by atoms with Gasteiger partial charge in [0, 0.05) is 12.6 Å². The third kappa shape index (κ3) is 6.94. The predicted molar refractivity (Wildman–Crippen MR) is 103 cm³/mol. The quantitative estimate of drug-likeness (QED) is 0.469. The molecular weight excluding hydrogens is 350 g/mol. The number of aliphatic hydroxyl groups is 1. The summed E-state index contributed by atoms with van der Waals surface area (Å²) in [6.45, 7) is 4.30. The van der Waals surface area contributed by atoms with Gasteiger partial charge in [0.15, 0.2) is 11.5 Å². The summed E-state index contributed by atoms with van der Waals surface area (Å²) in [6, 6.07) is 5.02. The number of carbonyl (C=O) groups is 2. The van der Waals surface area contributed by atoms with Gasteiger partial charge in [0.1, 0.15) is 0 Å². The normalized spacial score (nSPS) is 11.9. The van der Waals surface area contributed by atoms with E-state index < -0.39 is 5.97 Å². The van der Waals surface area contributed by atoms with E-state index >= 15 is 0 Å². The number of esters is 1. The van der Waals surface area contributed by atoms with E-state index in [1.165, 1.54) is 18.1 Å². The maximum atomic E-state index is 12.6. The second-order valence-electron chi connectivity index (χ2n) is 5.78. The summed E-state index contributed by atoms with van der Waals surface area (Å²) in [6.07, 6.45) is 3.73. The van der Waals surface area contributed by atoms with Gasteiger partial charge >= 0.3 is 5.97 Å². The molecule has 1 aromatic rings. The first-order chi connectivity index (χ1) is 13.0. The van der Waals surface area contributed by atoms with Crippen molar-refractivity contribution in [1.29, 1.82) is 0 Å². The molecule has 0 fully saturated rings. The molecule has 0 bridgehead atoms. The van der Waals surface area contributed by atoms with Crippen LogP contribution in [0.2, 0.25) is 0 Å². The van der Waals surface area contributed by atoms with Gasteiger partial charge < -0.3 is 24.2 Å². The molecule has 7 heteroatoms. The van der Waals surface area contributed by atoms with Crippen molar-refractivity contribution in [3.8, 4) is 11.5 Å². The minimum absolute atomic E-state index is 0.0729. The number of ether oxygens (including phenoxy) is 3. The topological polar surface area (TPSA) is 85.3 Å². The molecule has 1 rings (SSSR count). The molecule has 0 aliphatic carbocycles. The molecule has 1 aromatic carbocycles. The van der Waals surface area contributed by atoms with Crippen LogP contribution in [0.1, 0.15) is 32.3 Å². The molecule has 0 aliphatic rings. The molecular formula is C20H29NO6. The minimum Gasteiger partial charge on any atom is -0.493 e. The average Bonchev–Trinajstić information content (AvgIpc) is 2.69. The zero-order valence-corrected chi connectivity index (χ0v) is 16.4. The van der Waals surface area contributed by atoms with Crippen molar-refractivity contribution >= 4 is 18.0 Å². The Morgan fingerprint density at radius 1 is 1.22 bits per heavy atom. The summed E-state index contributed by atoms with van der Waals surface area (Å²) in [5, 5.41) is 9.54. The van der Waals surface area contributed by atoms with Crippen LogP contribution in [0.15, 0.2) is 24.3 Å². The van der Waals surface area contributed by atoms with Crippen molar-refractivity contribution in [2.75, 3.05) is 34.0 Å². The van der Waals surface area contributed by atoms with Gasteiger partial charge in [-0.1, -0.05) is 13.0 Å². The third-order valence-electron chi connectivity index (χ3n) is 4.10. The lowest BCUT2D eigenvalue weighted by Crippen LogP contribution is -2.42. The zero-order chi connectivity index (χ0) is 20.2. The van der Waals surface area contributed by atoms with Crippen molar-refractivity contribution in [1.82, 2.24) is 4.90 Å². The number of benzene rings is 1. The Hall–Kier alpha value is -2.54. The second-order valence-corrected chi connectivity index (χ2v) is 5.78. The third-order valence-corrected chi connectivity index (χ3v) is 4.10. The molecule has 150 valence electrons. The Kier molecular flexibility index (Phi) is 9.96. The summed E-state index contributed by atoms with van der Waals surface area (Å²) in [7, 11) is 2.86. The van der Waals surface area contributed by atoms with Crippen LogP contribution in [-0.4, -0.2) is 61.9 Å². The molecule has 0 aliphatic heterocycles. The zero-order valence-electron chi connectivity index (χ0n) is 16.4. The number of carbonyl (C=O) groups excluding carboxylic acids is 2. The summed E-state index contributed by atoms with van der Waals surface area (Å²) >= 11 is 0. The lowest BCUT2D eigenvalue weighted by molar-refractivity contribution is -0.142. The molecule has 1 amide bonds. The smallest absolute Gasteiger partial charge is 0.307 e. The van der Waals surface area contributed by atoms with E-state index in [2.05, 4.69) is 4.74 Å². The molecule has 0 spiro atoms. The fraction of sp³-hybridized carbons (Fsp3) is 0.500. The van der Waals surface area contributed by atoms with Gasteiger partial charge in [-0.2, -0.15) is 0 Å². The number of methoxy groups -OCH3 is 2. The largest absolute Gasteiger partial charge is 0.493 e. The van der Waals surface area contributed by atoms with Crippen LogP contribution in [0, 0.1) is 0 Å². The van der Waals surface area contributed by atoms with Crippen molar-refractivity contribution in [3.05, 3.63) is 29.8 Å². The lowest BCUT2D eigenvalue weighted by atomic mass is 10.1. The average molecular weight is 379 g/mol. The number of amides is 1. The summed E-state index contributed by atoms with van der Waals surface area (Å²) in [5.41, 5.74) is 0.772. The Morgan fingerprint density at radius 3 is 2.52 bits per heavy atom. The van der Waals surface area contributed by atoms with Crippen LogP contribution in [0.3, 0.4) is 0 Å². The summed E-state index contributed by atoms with van der Waals surface area (Å²) in [5.74, 6) is 0.527. The van der Waals surface area contributed by atoms with Gasteiger partial charge in [-0.05, 0) is 37.1 Å². The summed E-state index contributed by atoms with van der Waals surface area (Å²) in [4.78, 5) is 25.5. The van der Waals surface area contributed by atoms with Crippen LogP contribution in [-0.2, 0) is 14.3 Å². The number of nitrogens with zero attached hydrogens (tertiary/aromatic N) is 1. The number of rotatable bonds is 11. The highest BCUT2D eigenvalue weighted by Gasteiger charge is 2.21. The molecule has 7 nitrogen and oxygen atoms in total. The molecule has 0 radical (unpaired) electrons. The maximum Gasteiger partial charge on any atom is 0.307 e. The van der Waals surface area contributed by atoms with Gasteiger partial charge in [-0.3, -0.25) is 9.59 Å². The number of hydrogen-bond acceptors (Lipinski definition) is 6. The standard InChI is InChI=1S/C20H29NO6/c1-5-16(14-22)21(12-11-20(24)26-4)19(23)10-8-15-7-9-17(27-6-2)18(13-15)25-3/h7-10,13,16,22H,5-6,11-12,14H2,1-4H3/b10-8+. The monoisotopic (exact) mass is 379 g/mol. The number of aliphatic hydroxyl groups excluding tert-OH is 1. The minimum atomic E-state index is -0.402. The molecule has 1 atom stereocenters. The van der Waals surface area contributed by atoms with Crippen molar-refractivity contribution < 1.29 is 28.9 Å².